The summed E-state index contributed by atoms with van der Waals surface area (Å²) in [5.41, 5.74) is 4.79. The molecule has 3 aliphatic heterocycles. The third-order valence-electron chi connectivity index (χ3n) is 8.44. The number of likely N-dealkylation sites (tertiary alicyclic amines) is 2. The molecule has 214 valence electrons. The van der Waals surface area contributed by atoms with Gasteiger partial charge in [0, 0.05) is 86.6 Å². The lowest BCUT2D eigenvalue weighted by molar-refractivity contribution is -0.130. The summed E-state index contributed by atoms with van der Waals surface area (Å²) in [7, 11) is -3.31. The number of rotatable bonds is 10. The standard InChI is InChI=1S/C28H40ClN5O4S/c1-39(37,38)32-17-11-26-24(20-32)28(22-7-8-25(29)21(19-22)5-3-18-35)30-34(26)14-4-12-31-15-9-23(10-16-31)33-13-2-6-27(33)36/h7-8,19,23,35H,2-6,9-18,20H2,1H3. The van der Waals surface area contributed by atoms with Crippen LogP contribution in [0.3, 0.4) is 0 Å². The molecule has 1 amide bonds. The molecule has 1 N–H and O–H groups in total. The van der Waals surface area contributed by atoms with Crippen molar-refractivity contribution in [1.29, 1.82) is 0 Å². The van der Waals surface area contributed by atoms with Crippen LogP contribution in [-0.4, -0.2) is 94.9 Å². The second-order valence-electron chi connectivity index (χ2n) is 11.1. The van der Waals surface area contributed by atoms with Gasteiger partial charge in [-0.15, -0.1) is 0 Å². The third-order valence-corrected chi connectivity index (χ3v) is 10.1. The highest BCUT2D eigenvalue weighted by atomic mass is 35.5. The number of aryl methyl sites for hydroxylation is 2. The zero-order valence-electron chi connectivity index (χ0n) is 22.8. The Kier molecular flexibility index (Phi) is 8.98. The van der Waals surface area contributed by atoms with Crippen LogP contribution in [0, 0.1) is 0 Å². The highest BCUT2D eigenvalue weighted by Gasteiger charge is 2.32. The van der Waals surface area contributed by atoms with E-state index in [0.717, 1.165) is 86.5 Å². The number of aliphatic hydroxyl groups is 1. The highest BCUT2D eigenvalue weighted by molar-refractivity contribution is 7.88. The molecule has 0 unspecified atom stereocenters. The predicted molar refractivity (Wildman–Crippen MR) is 152 cm³/mol. The highest BCUT2D eigenvalue weighted by Crippen LogP contribution is 2.33. The Bertz CT molecular complexity index is 1290. The molecule has 1 aromatic heterocycles. The third kappa shape index (κ3) is 6.51. The molecule has 0 aliphatic carbocycles. The van der Waals surface area contributed by atoms with Gasteiger partial charge >= 0.3 is 0 Å². The van der Waals surface area contributed by atoms with Crippen LogP contribution in [0.4, 0.5) is 0 Å². The number of piperidine rings is 1. The van der Waals surface area contributed by atoms with Crippen LogP contribution >= 0.6 is 11.6 Å². The van der Waals surface area contributed by atoms with Gasteiger partial charge in [-0.25, -0.2) is 8.42 Å². The van der Waals surface area contributed by atoms with Gasteiger partial charge in [-0.05, 0) is 62.8 Å². The molecular formula is C28H40ClN5O4S. The maximum absolute atomic E-state index is 12.4. The number of benzene rings is 1. The van der Waals surface area contributed by atoms with E-state index in [-0.39, 0.29) is 6.61 Å². The van der Waals surface area contributed by atoms with E-state index in [9.17, 15) is 18.3 Å². The number of fused-ring (bicyclic) bond motifs is 1. The van der Waals surface area contributed by atoms with E-state index in [1.807, 2.05) is 18.2 Å². The largest absolute Gasteiger partial charge is 0.396 e. The molecular weight excluding hydrogens is 538 g/mol. The van der Waals surface area contributed by atoms with Crippen molar-refractivity contribution in [3.8, 4) is 11.3 Å². The number of nitrogens with zero attached hydrogens (tertiary/aromatic N) is 5. The Hall–Kier alpha value is -1.98. The first-order valence-corrected chi connectivity index (χ1v) is 16.4. The summed E-state index contributed by atoms with van der Waals surface area (Å²) in [6.07, 6.45) is 7.95. The van der Waals surface area contributed by atoms with Gasteiger partial charge in [0.25, 0.3) is 0 Å². The average molecular weight is 578 g/mol. The van der Waals surface area contributed by atoms with E-state index >= 15 is 0 Å². The molecule has 11 heteroatoms. The van der Waals surface area contributed by atoms with E-state index in [1.165, 1.54) is 10.6 Å². The van der Waals surface area contributed by atoms with Crippen LogP contribution in [0.1, 0.15) is 55.3 Å². The van der Waals surface area contributed by atoms with Gasteiger partial charge < -0.3 is 14.9 Å². The van der Waals surface area contributed by atoms with Gasteiger partial charge in [0.2, 0.25) is 15.9 Å². The van der Waals surface area contributed by atoms with Crippen molar-refractivity contribution in [1.82, 2.24) is 23.9 Å². The lowest BCUT2D eigenvalue weighted by Crippen LogP contribution is -2.45. The van der Waals surface area contributed by atoms with E-state index in [1.54, 1.807) is 0 Å². The minimum absolute atomic E-state index is 0.0992. The second-order valence-corrected chi connectivity index (χ2v) is 13.5. The number of carbonyl (C=O) groups excluding carboxylic acids is 1. The predicted octanol–water partition coefficient (Wildman–Crippen LogP) is 2.92. The summed E-state index contributed by atoms with van der Waals surface area (Å²) in [6.45, 7) is 5.58. The molecule has 5 rings (SSSR count). The van der Waals surface area contributed by atoms with Gasteiger partial charge in [-0.3, -0.25) is 9.48 Å². The molecule has 4 heterocycles. The van der Waals surface area contributed by atoms with E-state index in [4.69, 9.17) is 16.7 Å². The molecule has 3 aliphatic rings. The molecule has 2 aromatic rings. The molecule has 39 heavy (non-hydrogen) atoms. The number of halogens is 1. The zero-order chi connectivity index (χ0) is 27.6. The van der Waals surface area contributed by atoms with Crippen LogP contribution in [0.5, 0.6) is 0 Å². The Morgan fingerprint density at radius 2 is 1.87 bits per heavy atom. The second kappa shape index (κ2) is 12.3. The fourth-order valence-electron chi connectivity index (χ4n) is 6.30. The van der Waals surface area contributed by atoms with Crippen LogP contribution in [0.2, 0.25) is 5.02 Å². The van der Waals surface area contributed by atoms with Crippen molar-refractivity contribution in [2.45, 2.75) is 70.5 Å². The molecule has 0 radical (unpaired) electrons. The summed E-state index contributed by atoms with van der Waals surface area (Å²) in [5.74, 6) is 0.323. The fourth-order valence-corrected chi connectivity index (χ4v) is 7.30. The fraction of sp³-hybridized carbons (Fsp3) is 0.643. The molecule has 0 atom stereocenters. The Balaban J connectivity index is 1.29. The van der Waals surface area contributed by atoms with Gasteiger partial charge in [0.05, 0.1) is 11.9 Å². The maximum atomic E-state index is 12.4. The normalized spacial score (nSPS) is 19.7. The number of carbonyl (C=O) groups is 1. The summed E-state index contributed by atoms with van der Waals surface area (Å²) < 4.78 is 28.4. The molecule has 2 saturated heterocycles. The summed E-state index contributed by atoms with van der Waals surface area (Å²) in [6, 6.07) is 6.24. The number of aliphatic hydroxyl groups excluding tert-OH is 1. The number of sulfonamides is 1. The number of amides is 1. The first-order chi connectivity index (χ1) is 18.7. The van der Waals surface area contributed by atoms with Crippen molar-refractivity contribution in [2.24, 2.45) is 0 Å². The Labute approximate surface area is 236 Å². The van der Waals surface area contributed by atoms with Gasteiger partial charge in [0.15, 0.2) is 0 Å². The first-order valence-electron chi connectivity index (χ1n) is 14.2. The molecule has 2 fully saturated rings. The average Bonchev–Trinajstić information content (AvgIpc) is 3.51. The summed E-state index contributed by atoms with van der Waals surface area (Å²) in [5, 5.41) is 15.0. The Morgan fingerprint density at radius 1 is 1.08 bits per heavy atom. The maximum Gasteiger partial charge on any atom is 0.222 e. The monoisotopic (exact) mass is 577 g/mol. The van der Waals surface area contributed by atoms with Gasteiger partial charge in [-0.1, -0.05) is 17.7 Å². The Morgan fingerprint density at radius 3 is 2.56 bits per heavy atom. The van der Waals surface area contributed by atoms with Crippen molar-refractivity contribution in [3.63, 3.8) is 0 Å². The van der Waals surface area contributed by atoms with Crippen molar-refractivity contribution >= 4 is 27.5 Å². The molecule has 0 spiro atoms. The SMILES string of the molecule is CS(=O)(=O)N1CCc2c(c(-c3ccc(Cl)c(CCCO)c3)nn2CCCN2CCC(N3CCCC3=O)CC2)C1. The van der Waals surface area contributed by atoms with Crippen LogP contribution in [0.25, 0.3) is 11.3 Å². The lowest BCUT2D eigenvalue weighted by Gasteiger charge is -2.36. The van der Waals surface area contributed by atoms with Crippen LogP contribution < -0.4 is 0 Å². The molecule has 0 saturated carbocycles. The van der Waals surface area contributed by atoms with Crippen LogP contribution in [-0.2, 0) is 40.7 Å². The van der Waals surface area contributed by atoms with Crippen molar-refractivity contribution in [2.75, 3.05) is 45.6 Å². The van der Waals surface area contributed by atoms with E-state index in [0.29, 0.717) is 55.7 Å². The molecule has 0 bridgehead atoms. The molecule has 9 nitrogen and oxygen atoms in total. The topological polar surface area (TPSA) is 99.0 Å². The molecule has 1 aromatic carbocycles. The van der Waals surface area contributed by atoms with Gasteiger partial charge in [0.1, 0.15) is 0 Å². The number of aromatic nitrogens is 2. The van der Waals surface area contributed by atoms with E-state index < -0.39 is 10.0 Å². The smallest absolute Gasteiger partial charge is 0.222 e. The quantitative estimate of drug-likeness (QED) is 0.466. The first kappa shape index (κ1) is 28.5. The zero-order valence-corrected chi connectivity index (χ0v) is 24.4. The minimum Gasteiger partial charge on any atom is -0.396 e. The minimum atomic E-state index is -3.31. The van der Waals surface area contributed by atoms with Gasteiger partial charge in [-0.2, -0.15) is 9.40 Å². The van der Waals surface area contributed by atoms with E-state index in [2.05, 4.69) is 14.5 Å². The number of hydrogen-bond acceptors (Lipinski definition) is 6. The number of hydrogen-bond donors (Lipinski definition) is 1. The summed E-state index contributed by atoms with van der Waals surface area (Å²) >= 11 is 6.43. The summed E-state index contributed by atoms with van der Waals surface area (Å²) in [4.78, 5) is 16.7. The lowest BCUT2D eigenvalue weighted by atomic mass is 9.99. The van der Waals surface area contributed by atoms with Crippen LogP contribution in [0.15, 0.2) is 18.2 Å². The van der Waals surface area contributed by atoms with Crippen molar-refractivity contribution in [3.05, 3.63) is 40.0 Å². The van der Waals surface area contributed by atoms with Crippen molar-refractivity contribution < 1.29 is 18.3 Å².